The average molecular weight is 373 g/mol. The highest BCUT2D eigenvalue weighted by Gasteiger charge is 2.46. The molecule has 0 saturated carbocycles. The fraction of sp³-hybridized carbons (Fsp3) is 0.100. The summed E-state index contributed by atoms with van der Waals surface area (Å²) in [7, 11) is 0. The Morgan fingerprint density at radius 2 is 1.26 bits per heavy atom. The van der Waals surface area contributed by atoms with Crippen LogP contribution in [-0.2, 0) is 0 Å². The summed E-state index contributed by atoms with van der Waals surface area (Å²) in [6, 6.07) is 11.5. The maximum Gasteiger partial charge on any atom is 0.265 e. The molecule has 0 saturated heterocycles. The van der Waals surface area contributed by atoms with E-state index < -0.39 is 52.3 Å². The van der Waals surface area contributed by atoms with Gasteiger partial charge in [0.2, 0.25) is 0 Å². The molecule has 0 bridgehead atoms. The Morgan fingerprint density at radius 1 is 0.741 bits per heavy atom. The van der Waals surface area contributed by atoms with E-state index in [2.05, 4.69) is 0 Å². The minimum absolute atomic E-state index is 0.560. The molecule has 0 unspecified atom stereocenters. The van der Waals surface area contributed by atoms with Crippen molar-refractivity contribution in [3.05, 3.63) is 82.4 Å². The van der Waals surface area contributed by atoms with Crippen LogP contribution in [0.3, 0.4) is 0 Å². The van der Waals surface area contributed by atoms with E-state index in [-0.39, 0.29) is 0 Å². The number of hydrogen-bond donors (Lipinski definition) is 0. The van der Waals surface area contributed by atoms with E-state index in [0.717, 1.165) is 10.8 Å². The first kappa shape index (κ1) is 17.2. The summed E-state index contributed by atoms with van der Waals surface area (Å²) < 4.78 is 55.2. The van der Waals surface area contributed by atoms with Crippen molar-refractivity contribution in [3.63, 3.8) is 0 Å². The summed E-state index contributed by atoms with van der Waals surface area (Å²) in [4.78, 5) is 25.8. The average Bonchev–Trinajstić information content (AvgIpc) is 2.94. The van der Waals surface area contributed by atoms with Gasteiger partial charge in [-0.25, -0.2) is 17.6 Å². The van der Waals surface area contributed by atoms with Gasteiger partial charge in [-0.3, -0.25) is 14.5 Å². The van der Waals surface area contributed by atoms with Crippen LogP contribution in [0.5, 0.6) is 0 Å². The molecule has 1 aliphatic heterocycles. The third-order valence-electron chi connectivity index (χ3n) is 4.79. The molecule has 27 heavy (non-hydrogen) atoms. The van der Waals surface area contributed by atoms with Gasteiger partial charge >= 0.3 is 0 Å². The zero-order valence-corrected chi connectivity index (χ0v) is 13.9. The van der Waals surface area contributed by atoms with Gasteiger partial charge in [0.15, 0.2) is 23.3 Å². The SMILES string of the molecule is C[C@H](c1cccc2ccccc12)N1C(=O)c2c(F)c(F)c(F)c(F)c2C1=O. The monoisotopic (exact) mass is 373 g/mol. The van der Waals surface area contributed by atoms with E-state index in [1.165, 1.54) is 6.92 Å². The lowest BCUT2D eigenvalue weighted by Gasteiger charge is -2.24. The van der Waals surface area contributed by atoms with Crippen molar-refractivity contribution in [1.82, 2.24) is 4.90 Å². The van der Waals surface area contributed by atoms with Crippen LogP contribution < -0.4 is 0 Å². The normalized spacial score (nSPS) is 14.8. The van der Waals surface area contributed by atoms with Gasteiger partial charge in [-0.2, -0.15) is 0 Å². The van der Waals surface area contributed by atoms with E-state index in [1.807, 2.05) is 18.2 Å². The van der Waals surface area contributed by atoms with Gasteiger partial charge in [-0.1, -0.05) is 42.5 Å². The molecule has 7 heteroatoms. The van der Waals surface area contributed by atoms with Gasteiger partial charge in [0.1, 0.15) is 0 Å². The standard InChI is InChI=1S/C20H11F4NO2/c1-9(11-8-4-6-10-5-2-3-7-12(10)11)25-19(26)13-14(20(25)27)16(22)18(24)17(23)15(13)21/h2-9H,1H3/t9-/m1/s1. The van der Waals surface area contributed by atoms with Crippen molar-refractivity contribution >= 4 is 22.6 Å². The van der Waals surface area contributed by atoms with Gasteiger partial charge in [0.25, 0.3) is 11.8 Å². The van der Waals surface area contributed by atoms with E-state index in [4.69, 9.17) is 0 Å². The lowest BCUT2D eigenvalue weighted by Crippen LogP contribution is -2.33. The second kappa shape index (κ2) is 5.90. The van der Waals surface area contributed by atoms with Crippen LogP contribution in [0.1, 0.15) is 39.2 Å². The fourth-order valence-electron chi connectivity index (χ4n) is 3.47. The number of nitrogens with zero attached hydrogens (tertiary/aromatic N) is 1. The molecule has 3 aromatic rings. The Bertz CT molecular complexity index is 1090. The summed E-state index contributed by atoms with van der Waals surface area (Å²) in [6.07, 6.45) is 0. The molecule has 3 nitrogen and oxygen atoms in total. The molecule has 1 heterocycles. The summed E-state index contributed by atoms with van der Waals surface area (Å²) in [5, 5.41) is 1.58. The number of benzene rings is 3. The Morgan fingerprint density at radius 3 is 1.85 bits per heavy atom. The zero-order chi connectivity index (χ0) is 19.5. The van der Waals surface area contributed by atoms with Crippen molar-refractivity contribution < 1.29 is 27.2 Å². The number of amides is 2. The Kier molecular flexibility index (Phi) is 3.76. The van der Waals surface area contributed by atoms with Gasteiger partial charge in [-0.05, 0) is 23.3 Å². The first-order valence-corrected chi connectivity index (χ1v) is 8.06. The van der Waals surface area contributed by atoms with E-state index in [0.29, 0.717) is 10.5 Å². The topological polar surface area (TPSA) is 37.4 Å². The number of fused-ring (bicyclic) bond motifs is 2. The summed E-state index contributed by atoms with van der Waals surface area (Å²) in [5.41, 5.74) is -1.60. The Labute approximate surface area is 150 Å². The van der Waals surface area contributed by atoms with E-state index >= 15 is 0 Å². The molecule has 0 radical (unpaired) electrons. The van der Waals surface area contributed by atoms with Gasteiger partial charge in [-0.15, -0.1) is 0 Å². The van der Waals surface area contributed by atoms with Crippen LogP contribution in [0.15, 0.2) is 42.5 Å². The number of hydrogen-bond acceptors (Lipinski definition) is 2. The van der Waals surface area contributed by atoms with E-state index in [1.54, 1.807) is 24.3 Å². The van der Waals surface area contributed by atoms with Crippen molar-refractivity contribution in [2.45, 2.75) is 13.0 Å². The molecule has 0 aliphatic carbocycles. The fourth-order valence-corrected chi connectivity index (χ4v) is 3.47. The lowest BCUT2D eigenvalue weighted by molar-refractivity contribution is 0.0593. The first-order valence-electron chi connectivity index (χ1n) is 8.06. The smallest absolute Gasteiger partial charge is 0.265 e. The van der Waals surface area contributed by atoms with Crippen molar-refractivity contribution in [2.75, 3.05) is 0 Å². The van der Waals surface area contributed by atoms with Crippen molar-refractivity contribution in [2.24, 2.45) is 0 Å². The Balaban J connectivity index is 1.88. The van der Waals surface area contributed by atoms with Gasteiger partial charge in [0, 0.05) is 0 Å². The Hall–Kier alpha value is -3.22. The molecule has 0 N–H and O–H groups in total. The summed E-state index contributed by atoms with van der Waals surface area (Å²) in [5.74, 6) is -10.4. The highest BCUT2D eigenvalue weighted by Crippen LogP contribution is 2.37. The van der Waals surface area contributed by atoms with E-state index in [9.17, 15) is 27.2 Å². The number of halogens is 4. The van der Waals surface area contributed by atoms with Crippen LogP contribution in [0.25, 0.3) is 10.8 Å². The van der Waals surface area contributed by atoms with Crippen LogP contribution in [0.2, 0.25) is 0 Å². The summed E-state index contributed by atoms with van der Waals surface area (Å²) >= 11 is 0. The van der Waals surface area contributed by atoms with Crippen molar-refractivity contribution in [3.8, 4) is 0 Å². The van der Waals surface area contributed by atoms with Crippen LogP contribution in [0.4, 0.5) is 17.6 Å². The predicted octanol–water partition coefficient (Wildman–Crippen LogP) is 4.75. The minimum Gasteiger partial charge on any atom is -0.268 e. The first-order chi connectivity index (χ1) is 12.8. The van der Waals surface area contributed by atoms with Gasteiger partial charge < -0.3 is 0 Å². The molecule has 1 aliphatic rings. The highest BCUT2D eigenvalue weighted by atomic mass is 19.2. The van der Waals surface area contributed by atoms with Crippen LogP contribution >= 0.6 is 0 Å². The molecule has 3 aromatic carbocycles. The van der Waals surface area contributed by atoms with Crippen LogP contribution in [-0.4, -0.2) is 16.7 Å². The number of carbonyl (C=O) groups is 2. The molecule has 0 spiro atoms. The molecular formula is C20H11F4NO2. The second-order valence-electron chi connectivity index (χ2n) is 6.23. The van der Waals surface area contributed by atoms with Gasteiger partial charge in [0.05, 0.1) is 17.2 Å². The number of imide groups is 1. The summed E-state index contributed by atoms with van der Waals surface area (Å²) in [6.45, 7) is 1.51. The molecule has 0 fully saturated rings. The molecule has 2 amide bonds. The predicted molar refractivity (Wildman–Crippen MR) is 89.1 cm³/mol. The van der Waals surface area contributed by atoms with Crippen LogP contribution in [0, 0.1) is 23.3 Å². The second-order valence-corrected chi connectivity index (χ2v) is 6.23. The molecular weight excluding hydrogens is 362 g/mol. The maximum atomic E-state index is 14.1. The number of rotatable bonds is 2. The zero-order valence-electron chi connectivity index (χ0n) is 13.9. The third kappa shape index (κ3) is 2.27. The molecule has 1 atom stereocenters. The molecule has 0 aromatic heterocycles. The quantitative estimate of drug-likeness (QED) is 0.281. The molecule has 4 rings (SSSR count). The highest BCUT2D eigenvalue weighted by molar-refractivity contribution is 6.22. The maximum absolute atomic E-state index is 14.1. The van der Waals surface area contributed by atoms with Crippen molar-refractivity contribution in [1.29, 1.82) is 0 Å². The minimum atomic E-state index is -2.12. The lowest BCUT2D eigenvalue weighted by atomic mass is 9.99. The largest absolute Gasteiger partial charge is 0.268 e. The molecule has 136 valence electrons. The number of carbonyl (C=O) groups excluding carboxylic acids is 2. The third-order valence-corrected chi connectivity index (χ3v) is 4.79.